The van der Waals surface area contributed by atoms with E-state index in [1.54, 1.807) is 0 Å². The van der Waals surface area contributed by atoms with Crippen LogP contribution in [0.15, 0.2) is 18.3 Å². The molecule has 1 unspecified atom stereocenters. The molecule has 1 saturated heterocycles. The summed E-state index contributed by atoms with van der Waals surface area (Å²) in [5.41, 5.74) is 2.97. The van der Waals surface area contributed by atoms with Gasteiger partial charge < -0.3 is 5.32 Å². The molecule has 1 atom stereocenters. The molecule has 1 N–H and O–H groups in total. The van der Waals surface area contributed by atoms with Gasteiger partial charge in [-0.25, -0.2) is 0 Å². The molecule has 3 nitrogen and oxygen atoms in total. The molecule has 3 rings (SSSR count). The average Bonchev–Trinajstić information content (AvgIpc) is 2.90. The lowest BCUT2D eigenvalue weighted by Gasteiger charge is -2.46. The fraction of sp³-hybridized carbons (Fsp3) is 0.706. The molecule has 2 aliphatic rings. The van der Waals surface area contributed by atoms with Crippen molar-refractivity contribution >= 4 is 0 Å². The Bertz CT molecular complexity index is 451. The van der Waals surface area contributed by atoms with Crippen LogP contribution >= 0.6 is 0 Å². The molecule has 0 bridgehead atoms. The number of nitrogens with one attached hydrogen (secondary N) is 1. The molecule has 110 valence electrons. The van der Waals surface area contributed by atoms with Crippen molar-refractivity contribution in [2.75, 3.05) is 13.1 Å². The van der Waals surface area contributed by atoms with E-state index in [2.05, 4.69) is 35.1 Å². The lowest BCUT2D eigenvalue weighted by Crippen LogP contribution is -2.62. The van der Waals surface area contributed by atoms with Gasteiger partial charge in [-0.3, -0.25) is 9.88 Å². The van der Waals surface area contributed by atoms with E-state index in [1.807, 2.05) is 12.3 Å². The average molecular weight is 273 g/mol. The third-order valence-electron chi connectivity index (χ3n) is 5.24. The highest BCUT2D eigenvalue weighted by molar-refractivity contribution is 5.18. The van der Waals surface area contributed by atoms with E-state index >= 15 is 0 Å². The van der Waals surface area contributed by atoms with Gasteiger partial charge in [0.05, 0.1) is 5.69 Å². The topological polar surface area (TPSA) is 28.2 Å². The maximum absolute atomic E-state index is 4.59. The summed E-state index contributed by atoms with van der Waals surface area (Å²) in [5.74, 6) is 0. The van der Waals surface area contributed by atoms with Crippen LogP contribution in [0.3, 0.4) is 0 Å². The summed E-state index contributed by atoms with van der Waals surface area (Å²) in [6.07, 6.45) is 8.62. The summed E-state index contributed by atoms with van der Waals surface area (Å²) >= 11 is 0. The summed E-state index contributed by atoms with van der Waals surface area (Å²) in [4.78, 5) is 7.27. The van der Waals surface area contributed by atoms with Gasteiger partial charge in [0, 0.05) is 37.4 Å². The summed E-state index contributed by atoms with van der Waals surface area (Å²) in [6.45, 7) is 7.83. The third kappa shape index (κ3) is 2.75. The molecule has 20 heavy (non-hydrogen) atoms. The zero-order valence-corrected chi connectivity index (χ0v) is 12.9. The van der Waals surface area contributed by atoms with Crippen LogP contribution in [0.4, 0.5) is 0 Å². The van der Waals surface area contributed by atoms with Crippen LogP contribution < -0.4 is 5.32 Å². The van der Waals surface area contributed by atoms with Gasteiger partial charge >= 0.3 is 0 Å². The second-order valence-corrected chi connectivity index (χ2v) is 6.60. The first-order valence-corrected chi connectivity index (χ1v) is 8.12. The highest BCUT2D eigenvalue weighted by atomic mass is 15.3. The van der Waals surface area contributed by atoms with Crippen molar-refractivity contribution in [3.05, 3.63) is 29.6 Å². The van der Waals surface area contributed by atoms with E-state index in [0.29, 0.717) is 11.6 Å². The summed E-state index contributed by atoms with van der Waals surface area (Å²) < 4.78 is 0. The Hall–Kier alpha value is -0.930. The monoisotopic (exact) mass is 273 g/mol. The molecule has 0 radical (unpaired) electrons. The number of nitrogens with zero attached hydrogens (tertiary/aromatic N) is 2. The van der Waals surface area contributed by atoms with Gasteiger partial charge in [0.25, 0.3) is 0 Å². The molecule has 1 aromatic heterocycles. The van der Waals surface area contributed by atoms with Gasteiger partial charge in [0.1, 0.15) is 0 Å². The molecule has 1 saturated carbocycles. The molecular formula is C17H27N3. The predicted molar refractivity (Wildman–Crippen MR) is 82.7 cm³/mol. The zero-order valence-electron chi connectivity index (χ0n) is 12.9. The number of hydrogen-bond donors (Lipinski definition) is 1. The number of rotatable bonds is 3. The lowest BCUT2D eigenvalue weighted by molar-refractivity contribution is 0.0706. The Balaban J connectivity index is 1.76. The van der Waals surface area contributed by atoms with Gasteiger partial charge in [-0.05, 0) is 37.8 Å². The number of aromatic nitrogens is 1. The van der Waals surface area contributed by atoms with E-state index in [9.17, 15) is 0 Å². The first-order valence-electron chi connectivity index (χ1n) is 8.12. The van der Waals surface area contributed by atoms with Crippen molar-refractivity contribution in [2.45, 2.75) is 64.1 Å². The van der Waals surface area contributed by atoms with Crippen LogP contribution in [-0.4, -0.2) is 34.6 Å². The van der Waals surface area contributed by atoms with Gasteiger partial charge in [-0.15, -0.1) is 0 Å². The van der Waals surface area contributed by atoms with Crippen LogP contribution in [0.25, 0.3) is 0 Å². The molecule has 2 heterocycles. The van der Waals surface area contributed by atoms with E-state index in [-0.39, 0.29) is 0 Å². The van der Waals surface area contributed by atoms with Crippen LogP contribution in [0.1, 0.15) is 50.3 Å². The normalized spacial score (nSPS) is 26.2. The second kappa shape index (κ2) is 5.82. The maximum atomic E-state index is 4.59. The Morgan fingerprint density at radius 1 is 1.40 bits per heavy atom. The van der Waals surface area contributed by atoms with Gasteiger partial charge in [0.15, 0.2) is 0 Å². The molecule has 0 amide bonds. The van der Waals surface area contributed by atoms with E-state index in [0.717, 1.165) is 13.1 Å². The first-order chi connectivity index (χ1) is 9.72. The minimum absolute atomic E-state index is 0.397. The van der Waals surface area contributed by atoms with Gasteiger partial charge in [-0.1, -0.05) is 25.8 Å². The van der Waals surface area contributed by atoms with Gasteiger partial charge in [0.2, 0.25) is 0 Å². The molecule has 1 aromatic rings. The predicted octanol–water partition coefficient (Wildman–Crippen LogP) is 2.89. The minimum Gasteiger partial charge on any atom is -0.308 e. The van der Waals surface area contributed by atoms with Crippen molar-refractivity contribution in [3.63, 3.8) is 0 Å². The number of piperazine rings is 1. The molecular weight excluding hydrogens is 246 g/mol. The maximum Gasteiger partial charge on any atom is 0.0573 e. The zero-order chi connectivity index (χ0) is 14.0. The Morgan fingerprint density at radius 3 is 2.90 bits per heavy atom. The van der Waals surface area contributed by atoms with Crippen molar-refractivity contribution < 1.29 is 0 Å². The van der Waals surface area contributed by atoms with Crippen molar-refractivity contribution in [1.29, 1.82) is 0 Å². The fourth-order valence-corrected chi connectivity index (χ4v) is 3.89. The SMILES string of the molecule is CCC1CNC2(CCCC2)CN1Cc1ncccc1C. The quantitative estimate of drug-likeness (QED) is 0.918. The highest BCUT2D eigenvalue weighted by Crippen LogP contribution is 2.34. The number of hydrogen-bond acceptors (Lipinski definition) is 3. The first kappa shape index (κ1) is 14.0. The Labute approximate surface area is 122 Å². The minimum atomic E-state index is 0.397. The van der Waals surface area contributed by atoms with Gasteiger partial charge in [-0.2, -0.15) is 0 Å². The van der Waals surface area contributed by atoms with E-state index < -0.39 is 0 Å². The Kier molecular flexibility index (Phi) is 4.08. The standard InChI is InChI=1S/C17H27N3/c1-3-15-11-19-17(8-4-5-9-17)13-20(15)12-16-14(2)7-6-10-18-16/h6-7,10,15,19H,3-5,8-9,11-13H2,1-2H3. The summed E-state index contributed by atoms with van der Waals surface area (Å²) in [5, 5.41) is 3.86. The molecule has 1 aliphatic heterocycles. The van der Waals surface area contributed by atoms with Crippen LogP contribution in [0, 0.1) is 6.92 Å². The van der Waals surface area contributed by atoms with E-state index in [1.165, 1.54) is 49.9 Å². The summed E-state index contributed by atoms with van der Waals surface area (Å²) in [6, 6.07) is 4.87. The summed E-state index contributed by atoms with van der Waals surface area (Å²) in [7, 11) is 0. The number of pyridine rings is 1. The van der Waals surface area contributed by atoms with Crippen molar-refractivity contribution in [2.24, 2.45) is 0 Å². The van der Waals surface area contributed by atoms with Crippen LogP contribution in [-0.2, 0) is 6.54 Å². The molecule has 2 fully saturated rings. The lowest BCUT2D eigenvalue weighted by atomic mass is 9.91. The fourth-order valence-electron chi connectivity index (χ4n) is 3.89. The second-order valence-electron chi connectivity index (χ2n) is 6.60. The molecule has 1 spiro atoms. The Morgan fingerprint density at radius 2 is 2.20 bits per heavy atom. The third-order valence-corrected chi connectivity index (χ3v) is 5.24. The molecule has 3 heteroatoms. The van der Waals surface area contributed by atoms with Crippen LogP contribution in [0.5, 0.6) is 0 Å². The molecule has 0 aromatic carbocycles. The largest absolute Gasteiger partial charge is 0.308 e. The van der Waals surface area contributed by atoms with Crippen LogP contribution in [0.2, 0.25) is 0 Å². The smallest absolute Gasteiger partial charge is 0.0573 e. The van der Waals surface area contributed by atoms with Crippen molar-refractivity contribution in [1.82, 2.24) is 15.2 Å². The highest BCUT2D eigenvalue weighted by Gasteiger charge is 2.40. The number of aryl methyl sites for hydroxylation is 1. The van der Waals surface area contributed by atoms with E-state index in [4.69, 9.17) is 0 Å². The molecule has 1 aliphatic carbocycles. The van der Waals surface area contributed by atoms with Crippen molar-refractivity contribution in [3.8, 4) is 0 Å².